The van der Waals surface area contributed by atoms with Crippen LogP contribution in [0.5, 0.6) is 0 Å². The van der Waals surface area contributed by atoms with Crippen molar-refractivity contribution in [3.05, 3.63) is 29.8 Å². The number of pyridine rings is 1. The van der Waals surface area contributed by atoms with Crippen LogP contribution in [0.25, 0.3) is 11.5 Å². The molecule has 3 heterocycles. The highest BCUT2D eigenvalue weighted by Crippen LogP contribution is 2.28. The van der Waals surface area contributed by atoms with E-state index in [1.54, 1.807) is 6.20 Å². The lowest BCUT2D eigenvalue weighted by Gasteiger charge is -2.14. The minimum atomic E-state index is -1.05. The minimum absolute atomic E-state index is 0.264. The molecule has 3 rings (SSSR count). The summed E-state index contributed by atoms with van der Waals surface area (Å²) in [5.41, 5.74) is 0.729. The fourth-order valence-corrected chi connectivity index (χ4v) is 2.30. The van der Waals surface area contributed by atoms with E-state index in [0.717, 1.165) is 24.2 Å². The Balaban J connectivity index is 1.97. The number of hydrogen-bond acceptors (Lipinski definition) is 6. The van der Waals surface area contributed by atoms with Crippen molar-refractivity contribution in [1.29, 1.82) is 0 Å². The predicted molar refractivity (Wildman–Crippen MR) is 68.3 cm³/mol. The largest absolute Gasteiger partial charge is 0.379 e. The van der Waals surface area contributed by atoms with Crippen LogP contribution in [0.1, 0.15) is 24.8 Å². The van der Waals surface area contributed by atoms with Gasteiger partial charge in [0.2, 0.25) is 5.82 Å². The van der Waals surface area contributed by atoms with Crippen molar-refractivity contribution < 1.29 is 9.63 Å². The van der Waals surface area contributed by atoms with Gasteiger partial charge >= 0.3 is 0 Å². The smallest absolute Gasteiger partial charge is 0.260 e. The van der Waals surface area contributed by atoms with Gasteiger partial charge in [-0.1, -0.05) is 18.1 Å². The van der Waals surface area contributed by atoms with E-state index >= 15 is 0 Å². The Kier molecular flexibility index (Phi) is 3.04. The maximum absolute atomic E-state index is 10.4. The molecule has 2 aromatic heterocycles. The molecule has 19 heavy (non-hydrogen) atoms. The van der Waals surface area contributed by atoms with E-state index in [0.29, 0.717) is 18.8 Å². The monoisotopic (exact) mass is 260 g/mol. The molecule has 1 aliphatic rings. The topological polar surface area (TPSA) is 84.1 Å². The van der Waals surface area contributed by atoms with Gasteiger partial charge in [-0.15, -0.1) is 0 Å². The molecule has 0 saturated carbocycles. The summed E-state index contributed by atoms with van der Waals surface area (Å²) in [4.78, 5) is 8.61. The fourth-order valence-electron chi connectivity index (χ4n) is 2.30. The molecule has 0 amide bonds. The molecule has 100 valence electrons. The van der Waals surface area contributed by atoms with Crippen molar-refractivity contribution >= 4 is 0 Å². The predicted octanol–water partition coefficient (Wildman–Crippen LogP) is 0.875. The van der Waals surface area contributed by atoms with Crippen LogP contribution in [0.3, 0.4) is 0 Å². The fraction of sp³-hybridized carbons (Fsp3) is 0.462. The van der Waals surface area contributed by atoms with Crippen molar-refractivity contribution in [1.82, 2.24) is 20.4 Å². The molecular formula is C13H16N4O2. The van der Waals surface area contributed by atoms with Gasteiger partial charge < -0.3 is 14.9 Å². The zero-order chi connectivity index (χ0) is 13.3. The molecular weight excluding hydrogens is 244 g/mol. The van der Waals surface area contributed by atoms with E-state index in [1.165, 1.54) is 0 Å². The van der Waals surface area contributed by atoms with Gasteiger partial charge in [-0.05, 0) is 31.0 Å². The molecule has 0 aliphatic carbocycles. The maximum Gasteiger partial charge on any atom is 0.260 e. The lowest BCUT2D eigenvalue weighted by Crippen LogP contribution is -2.28. The minimum Gasteiger partial charge on any atom is -0.379 e. The summed E-state index contributed by atoms with van der Waals surface area (Å²) in [5.74, 6) is 0.702. The van der Waals surface area contributed by atoms with Gasteiger partial charge in [-0.25, -0.2) is 0 Å². The average Bonchev–Trinajstić information content (AvgIpc) is 3.08. The number of nitrogens with one attached hydrogen (secondary N) is 1. The summed E-state index contributed by atoms with van der Waals surface area (Å²) in [6, 6.07) is 3.88. The van der Waals surface area contributed by atoms with Crippen molar-refractivity contribution in [3.8, 4) is 11.5 Å². The van der Waals surface area contributed by atoms with Crippen LogP contribution in [0, 0.1) is 0 Å². The molecule has 1 aliphatic heterocycles. The van der Waals surface area contributed by atoms with Crippen LogP contribution in [0.4, 0.5) is 0 Å². The van der Waals surface area contributed by atoms with E-state index in [9.17, 15) is 5.11 Å². The van der Waals surface area contributed by atoms with Gasteiger partial charge in [-0.3, -0.25) is 4.98 Å². The lowest BCUT2D eigenvalue weighted by molar-refractivity contribution is 0.0243. The molecule has 1 unspecified atom stereocenters. The highest BCUT2D eigenvalue weighted by atomic mass is 16.5. The second-order valence-electron chi connectivity index (χ2n) is 4.75. The Morgan fingerprint density at radius 3 is 3.16 bits per heavy atom. The molecule has 2 N–H and O–H groups in total. The van der Waals surface area contributed by atoms with Crippen LogP contribution in [0.2, 0.25) is 0 Å². The molecule has 0 bridgehead atoms. The van der Waals surface area contributed by atoms with Crippen molar-refractivity contribution in [2.75, 3.05) is 13.1 Å². The molecule has 0 aromatic carbocycles. The van der Waals surface area contributed by atoms with Crippen LogP contribution in [0.15, 0.2) is 22.9 Å². The van der Waals surface area contributed by atoms with Gasteiger partial charge in [0, 0.05) is 12.7 Å². The Hall–Kier alpha value is -1.79. The number of aromatic nitrogens is 3. The first-order valence-corrected chi connectivity index (χ1v) is 6.44. The first kappa shape index (κ1) is 12.3. The van der Waals surface area contributed by atoms with Crippen LogP contribution < -0.4 is 5.32 Å². The number of aliphatic hydroxyl groups is 1. The van der Waals surface area contributed by atoms with Gasteiger partial charge in [0.1, 0.15) is 5.69 Å². The van der Waals surface area contributed by atoms with E-state index in [1.807, 2.05) is 12.1 Å². The highest BCUT2D eigenvalue weighted by Gasteiger charge is 2.39. The van der Waals surface area contributed by atoms with Crippen LogP contribution in [-0.4, -0.2) is 33.3 Å². The summed E-state index contributed by atoms with van der Waals surface area (Å²) in [6.07, 6.45) is 3.13. The SMILES string of the molecule is CCc1cccnc1-c1noc(C2(O)CCNC2)n1. The van der Waals surface area contributed by atoms with Gasteiger partial charge in [0.15, 0.2) is 5.60 Å². The number of rotatable bonds is 3. The second kappa shape index (κ2) is 4.71. The zero-order valence-corrected chi connectivity index (χ0v) is 10.8. The Bertz CT molecular complexity index is 576. The van der Waals surface area contributed by atoms with Crippen LogP contribution in [-0.2, 0) is 12.0 Å². The van der Waals surface area contributed by atoms with Gasteiger partial charge in [-0.2, -0.15) is 4.98 Å². The molecule has 2 aromatic rings. The molecule has 6 nitrogen and oxygen atoms in total. The lowest BCUT2D eigenvalue weighted by atomic mass is 10.0. The Labute approximate surface area is 110 Å². The normalized spacial score (nSPS) is 22.8. The maximum atomic E-state index is 10.4. The van der Waals surface area contributed by atoms with Gasteiger partial charge in [0.25, 0.3) is 5.89 Å². The average molecular weight is 260 g/mol. The third-order valence-corrected chi connectivity index (χ3v) is 3.44. The number of β-amino-alcohol motifs (C(OH)–C–C–N with tert-alkyl or cyclic N) is 1. The van der Waals surface area contributed by atoms with E-state index in [4.69, 9.17) is 4.52 Å². The van der Waals surface area contributed by atoms with E-state index in [2.05, 4.69) is 27.4 Å². The summed E-state index contributed by atoms with van der Waals surface area (Å²) >= 11 is 0. The first-order valence-electron chi connectivity index (χ1n) is 6.44. The second-order valence-corrected chi connectivity index (χ2v) is 4.75. The standard InChI is InChI=1S/C13H16N4O2/c1-2-9-4-3-6-15-10(9)11-16-12(19-17-11)13(18)5-7-14-8-13/h3-4,6,14,18H,2,5,7-8H2,1H3. The number of hydrogen-bond donors (Lipinski definition) is 2. The molecule has 1 saturated heterocycles. The zero-order valence-electron chi connectivity index (χ0n) is 10.8. The molecule has 1 fully saturated rings. The van der Waals surface area contributed by atoms with Crippen molar-refractivity contribution in [3.63, 3.8) is 0 Å². The number of nitrogens with zero attached hydrogens (tertiary/aromatic N) is 3. The third kappa shape index (κ3) is 2.13. The highest BCUT2D eigenvalue weighted by molar-refractivity contribution is 5.53. The Morgan fingerprint density at radius 1 is 1.53 bits per heavy atom. The molecule has 1 atom stereocenters. The summed E-state index contributed by atoms with van der Waals surface area (Å²) < 4.78 is 5.21. The van der Waals surface area contributed by atoms with E-state index < -0.39 is 5.60 Å². The van der Waals surface area contributed by atoms with Crippen molar-refractivity contribution in [2.45, 2.75) is 25.4 Å². The third-order valence-electron chi connectivity index (χ3n) is 3.44. The quantitative estimate of drug-likeness (QED) is 0.852. The summed E-state index contributed by atoms with van der Waals surface area (Å²) in [5, 5.41) is 17.4. The van der Waals surface area contributed by atoms with Gasteiger partial charge in [0.05, 0.1) is 0 Å². The molecule has 6 heteroatoms. The van der Waals surface area contributed by atoms with Crippen LogP contribution >= 0.6 is 0 Å². The van der Waals surface area contributed by atoms with Crippen molar-refractivity contribution in [2.24, 2.45) is 0 Å². The van der Waals surface area contributed by atoms with E-state index in [-0.39, 0.29) is 5.89 Å². The first-order chi connectivity index (χ1) is 9.23. The summed E-state index contributed by atoms with van der Waals surface area (Å²) in [6.45, 7) is 3.24. The Morgan fingerprint density at radius 2 is 2.42 bits per heavy atom. The molecule has 0 radical (unpaired) electrons. The number of aryl methyl sites for hydroxylation is 1. The molecule has 0 spiro atoms. The summed E-state index contributed by atoms with van der Waals surface area (Å²) in [7, 11) is 0.